The van der Waals surface area contributed by atoms with E-state index >= 15 is 0 Å². The highest BCUT2D eigenvalue weighted by molar-refractivity contribution is 7.80. The van der Waals surface area contributed by atoms with Crippen molar-refractivity contribution in [3.05, 3.63) is 120 Å². The van der Waals surface area contributed by atoms with Crippen LogP contribution in [0.3, 0.4) is 0 Å². The van der Waals surface area contributed by atoms with Gasteiger partial charge in [-0.25, -0.2) is 4.98 Å². The first-order valence-corrected chi connectivity index (χ1v) is 11.3. The number of carbonyl (C=O) groups is 1. The van der Waals surface area contributed by atoms with Crippen LogP contribution in [-0.2, 0) is 4.79 Å². The zero-order chi connectivity index (χ0) is 23.3. The Bertz CT molecular complexity index is 1390. The van der Waals surface area contributed by atoms with Crippen LogP contribution in [0.15, 0.2) is 114 Å². The lowest BCUT2D eigenvalue weighted by molar-refractivity contribution is -0.120. The van der Waals surface area contributed by atoms with Crippen molar-refractivity contribution in [2.24, 2.45) is 0 Å². The lowest BCUT2D eigenvalue weighted by Gasteiger charge is -2.18. The van der Waals surface area contributed by atoms with Gasteiger partial charge in [0.05, 0.1) is 5.92 Å². The molecule has 5 nitrogen and oxygen atoms in total. The zero-order valence-corrected chi connectivity index (χ0v) is 19.0. The summed E-state index contributed by atoms with van der Waals surface area (Å²) in [4.78, 5) is 17.8. The van der Waals surface area contributed by atoms with Crippen LogP contribution in [-0.4, -0.2) is 16.0 Å². The van der Waals surface area contributed by atoms with Crippen molar-refractivity contribution in [3.8, 4) is 11.5 Å². The number of amides is 1. The van der Waals surface area contributed by atoms with Gasteiger partial charge in [-0.3, -0.25) is 4.79 Å². The summed E-state index contributed by atoms with van der Waals surface area (Å²) in [6, 6.07) is 34.6. The number of nitrogens with one attached hydrogen (secondary N) is 2. The lowest BCUT2D eigenvalue weighted by atomic mass is 9.90. The molecule has 0 atom stereocenters. The highest BCUT2D eigenvalue weighted by atomic mass is 32.1. The standard InChI is InChI=1S/C28H21N3O2S/c32-26(25(19-10-4-1-5-11-19)20-12-6-2-7-13-20)31-28(34)29-22-16-17-24-23(18-22)30-27(33-24)21-14-8-3-9-15-21/h1-18,25H,(H2,29,31,32,34). The number of fused-ring (bicyclic) bond motifs is 1. The fraction of sp³-hybridized carbons (Fsp3) is 0.0357. The van der Waals surface area contributed by atoms with Gasteiger partial charge in [-0.15, -0.1) is 0 Å². The minimum atomic E-state index is -0.478. The number of carbonyl (C=O) groups excluding carboxylic acids is 1. The van der Waals surface area contributed by atoms with Gasteiger partial charge in [-0.05, 0) is 53.7 Å². The Hall–Kier alpha value is -4.29. The van der Waals surface area contributed by atoms with E-state index in [-0.39, 0.29) is 11.0 Å². The molecular weight excluding hydrogens is 442 g/mol. The maximum atomic E-state index is 13.3. The molecule has 4 aromatic carbocycles. The van der Waals surface area contributed by atoms with Crippen LogP contribution in [0.4, 0.5) is 5.69 Å². The Labute approximate surface area is 202 Å². The van der Waals surface area contributed by atoms with E-state index in [1.54, 1.807) is 0 Å². The van der Waals surface area contributed by atoms with Crippen LogP contribution in [0.1, 0.15) is 17.0 Å². The number of hydrogen-bond acceptors (Lipinski definition) is 4. The van der Waals surface area contributed by atoms with Gasteiger partial charge in [0.1, 0.15) is 5.52 Å². The SMILES string of the molecule is O=C(NC(=S)Nc1ccc2oc(-c3ccccc3)nc2c1)C(c1ccccc1)c1ccccc1. The molecule has 1 heterocycles. The van der Waals surface area contributed by atoms with Gasteiger partial charge in [0.2, 0.25) is 11.8 Å². The Morgan fingerprint density at radius 3 is 2.00 bits per heavy atom. The molecule has 166 valence electrons. The van der Waals surface area contributed by atoms with Crippen molar-refractivity contribution in [1.82, 2.24) is 10.3 Å². The fourth-order valence-electron chi connectivity index (χ4n) is 3.84. The summed E-state index contributed by atoms with van der Waals surface area (Å²) in [6.45, 7) is 0. The van der Waals surface area contributed by atoms with Gasteiger partial charge < -0.3 is 15.1 Å². The molecular formula is C28H21N3O2S. The maximum absolute atomic E-state index is 13.3. The topological polar surface area (TPSA) is 67.2 Å². The third-order valence-electron chi connectivity index (χ3n) is 5.43. The molecule has 0 aliphatic carbocycles. The predicted molar refractivity (Wildman–Crippen MR) is 139 cm³/mol. The van der Waals surface area contributed by atoms with Crippen molar-refractivity contribution in [2.75, 3.05) is 5.32 Å². The van der Waals surface area contributed by atoms with E-state index < -0.39 is 5.92 Å². The monoisotopic (exact) mass is 463 g/mol. The van der Waals surface area contributed by atoms with E-state index in [1.807, 2.05) is 109 Å². The van der Waals surface area contributed by atoms with Crippen LogP contribution < -0.4 is 10.6 Å². The van der Waals surface area contributed by atoms with Gasteiger partial charge in [-0.2, -0.15) is 0 Å². The highest BCUT2D eigenvalue weighted by Crippen LogP contribution is 2.27. The third kappa shape index (κ3) is 4.72. The zero-order valence-electron chi connectivity index (χ0n) is 18.1. The van der Waals surface area contributed by atoms with E-state index in [4.69, 9.17) is 16.6 Å². The first-order valence-electron chi connectivity index (χ1n) is 10.8. The molecule has 34 heavy (non-hydrogen) atoms. The summed E-state index contributed by atoms with van der Waals surface area (Å²) >= 11 is 5.45. The number of nitrogens with zero attached hydrogens (tertiary/aromatic N) is 1. The Kier molecular flexibility index (Phi) is 6.14. The maximum Gasteiger partial charge on any atom is 0.238 e. The Morgan fingerprint density at radius 1 is 0.794 bits per heavy atom. The molecule has 0 saturated heterocycles. The smallest absolute Gasteiger partial charge is 0.238 e. The average Bonchev–Trinajstić information content (AvgIpc) is 3.29. The lowest BCUT2D eigenvalue weighted by Crippen LogP contribution is -2.37. The van der Waals surface area contributed by atoms with Crippen molar-refractivity contribution in [2.45, 2.75) is 5.92 Å². The first-order chi connectivity index (χ1) is 16.7. The fourth-order valence-corrected chi connectivity index (χ4v) is 4.06. The van der Waals surface area contributed by atoms with Crippen molar-refractivity contribution in [3.63, 3.8) is 0 Å². The summed E-state index contributed by atoms with van der Waals surface area (Å²) in [5, 5.41) is 6.15. The minimum Gasteiger partial charge on any atom is -0.436 e. The van der Waals surface area contributed by atoms with Gasteiger partial charge >= 0.3 is 0 Å². The second-order valence-electron chi connectivity index (χ2n) is 7.77. The summed E-state index contributed by atoms with van der Waals surface area (Å²) < 4.78 is 5.87. The van der Waals surface area contributed by atoms with Gasteiger partial charge in [0.25, 0.3) is 0 Å². The summed E-state index contributed by atoms with van der Waals surface area (Å²) in [5.74, 6) is -0.130. The number of hydrogen-bond donors (Lipinski definition) is 2. The van der Waals surface area contributed by atoms with Crippen molar-refractivity contribution < 1.29 is 9.21 Å². The highest BCUT2D eigenvalue weighted by Gasteiger charge is 2.23. The molecule has 5 rings (SSSR count). The normalized spacial score (nSPS) is 10.9. The van der Waals surface area contributed by atoms with E-state index in [1.165, 1.54) is 0 Å². The van der Waals surface area contributed by atoms with Crippen LogP contribution in [0, 0.1) is 0 Å². The molecule has 2 N–H and O–H groups in total. The van der Waals surface area contributed by atoms with Crippen molar-refractivity contribution >= 4 is 40.0 Å². The molecule has 0 unspecified atom stereocenters. The van der Waals surface area contributed by atoms with Gasteiger partial charge in [0.15, 0.2) is 10.7 Å². The summed E-state index contributed by atoms with van der Waals surface area (Å²) in [6.07, 6.45) is 0. The molecule has 6 heteroatoms. The van der Waals surface area contributed by atoms with Crippen LogP contribution in [0.5, 0.6) is 0 Å². The predicted octanol–water partition coefficient (Wildman–Crippen LogP) is 6.14. The molecule has 5 aromatic rings. The van der Waals surface area contributed by atoms with E-state index in [2.05, 4.69) is 15.6 Å². The molecule has 0 aliphatic heterocycles. The molecule has 0 saturated carbocycles. The second-order valence-corrected chi connectivity index (χ2v) is 8.17. The molecule has 0 bridgehead atoms. The molecule has 0 radical (unpaired) electrons. The van der Waals surface area contributed by atoms with E-state index in [0.717, 1.165) is 16.7 Å². The Balaban J connectivity index is 1.33. The van der Waals surface area contributed by atoms with E-state index in [0.29, 0.717) is 22.7 Å². The number of benzene rings is 4. The summed E-state index contributed by atoms with van der Waals surface area (Å²) in [7, 11) is 0. The van der Waals surface area contributed by atoms with Crippen LogP contribution >= 0.6 is 12.2 Å². The van der Waals surface area contributed by atoms with Crippen LogP contribution in [0.2, 0.25) is 0 Å². The average molecular weight is 464 g/mol. The number of oxazole rings is 1. The largest absolute Gasteiger partial charge is 0.436 e. The Morgan fingerprint density at radius 2 is 1.38 bits per heavy atom. The quantitative estimate of drug-likeness (QED) is 0.307. The number of rotatable bonds is 5. The molecule has 0 aliphatic rings. The molecule has 1 aromatic heterocycles. The third-order valence-corrected chi connectivity index (χ3v) is 5.64. The first kappa shape index (κ1) is 21.6. The summed E-state index contributed by atoms with van der Waals surface area (Å²) in [5.41, 5.74) is 4.78. The van der Waals surface area contributed by atoms with E-state index in [9.17, 15) is 4.79 Å². The van der Waals surface area contributed by atoms with Gasteiger partial charge in [0, 0.05) is 11.3 Å². The number of aromatic nitrogens is 1. The molecule has 0 spiro atoms. The minimum absolute atomic E-state index is 0.205. The number of thiocarbonyl (C=S) groups is 1. The van der Waals surface area contributed by atoms with Gasteiger partial charge in [-0.1, -0.05) is 78.9 Å². The second kappa shape index (κ2) is 9.68. The van der Waals surface area contributed by atoms with Crippen LogP contribution in [0.25, 0.3) is 22.6 Å². The number of anilines is 1. The van der Waals surface area contributed by atoms with Crippen molar-refractivity contribution in [1.29, 1.82) is 0 Å². The molecule has 1 amide bonds. The molecule has 0 fully saturated rings.